The van der Waals surface area contributed by atoms with Crippen LogP contribution in [0.2, 0.25) is 15.1 Å². The van der Waals surface area contributed by atoms with E-state index in [1.54, 1.807) is 6.07 Å². The summed E-state index contributed by atoms with van der Waals surface area (Å²) in [5.41, 5.74) is -0.0959. The molecule has 1 amide bonds. The molecule has 3 aromatic carbocycles. The Hall–Kier alpha value is -2.85. The number of nitro groups is 1. The molecule has 166 valence electrons. The van der Waals surface area contributed by atoms with Crippen LogP contribution < -0.4 is 9.62 Å². The van der Waals surface area contributed by atoms with Crippen molar-refractivity contribution in [2.45, 2.75) is 4.90 Å². The molecule has 0 aliphatic carbocycles. The summed E-state index contributed by atoms with van der Waals surface area (Å²) in [4.78, 5) is 23.0. The first kappa shape index (κ1) is 23.8. The highest BCUT2D eigenvalue weighted by atomic mass is 35.5. The Morgan fingerprint density at radius 2 is 1.53 bits per heavy atom. The van der Waals surface area contributed by atoms with E-state index in [9.17, 15) is 23.3 Å². The summed E-state index contributed by atoms with van der Waals surface area (Å²) in [5.74, 6) is -0.742. The number of benzene rings is 3. The lowest BCUT2D eigenvalue weighted by atomic mass is 10.3. The summed E-state index contributed by atoms with van der Waals surface area (Å²) < 4.78 is 27.4. The minimum absolute atomic E-state index is 0.0582. The van der Waals surface area contributed by atoms with Gasteiger partial charge in [-0.2, -0.15) is 0 Å². The number of anilines is 2. The van der Waals surface area contributed by atoms with Crippen molar-refractivity contribution in [1.82, 2.24) is 0 Å². The molecule has 1 N–H and O–H groups in total. The molecule has 3 aromatic rings. The number of nitrogens with zero attached hydrogens (tertiary/aromatic N) is 2. The van der Waals surface area contributed by atoms with Crippen LogP contribution in [0.1, 0.15) is 0 Å². The molecule has 0 aliphatic rings. The van der Waals surface area contributed by atoms with Gasteiger partial charge >= 0.3 is 0 Å². The van der Waals surface area contributed by atoms with Gasteiger partial charge in [0.25, 0.3) is 15.7 Å². The third-order valence-electron chi connectivity index (χ3n) is 4.24. The maximum absolute atomic E-state index is 13.3. The lowest BCUT2D eigenvalue weighted by Crippen LogP contribution is -2.38. The fourth-order valence-corrected chi connectivity index (χ4v) is 5.10. The van der Waals surface area contributed by atoms with E-state index in [0.717, 1.165) is 16.4 Å². The molecule has 8 nitrogen and oxygen atoms in total. The van der Waals surface area contributed by atoms with Crippen molar-refractivity contribution in [2.24, 2.45) is 0 Å². The number of nitro benzene ring substituents is 1. The van der Waals surface area contributed by atoms with Gasteiger partial charge in [0.1, 0.15) is 6.54 Å². The van der Waals surface area contributed by atoms with Gasteiger partial charge in [-0.3, -0.25) is 19.2 Å². The number of sulfonamides is 1. The molecule has 0 aliphatic heterocycles. The van der Waals surface area contributed by atoms with Crippen molar-refractivity contribution in [3.8, 4) is 0 Å². The zero-order valence-electron chi connectivity index (χ0n) is 16.0. The van der Waals surface area contributed by atoms with E-state index in [2.05, 4.69) is 5.32 Å². The van der Waals surface area contributed by atoms with Crippen molar-refractivity contribution < 1.29 is 18.1 Å². The number of carbonyl (C=O) groups excluding carboxylic acids is 1. The van der Waals surface area contributed by atoms with Crippen LogP contribution in [0.15, 0.2) is 71.6 Å². The summed E-state index contributed by atoms with van der Waals surface area (Å²) in [6, 6.07) is 15.0. The minimum Gasteiger partial charge on any atom is -0.322 e. The second kappa shape index (κ2) is 9.74. The second-order valence-corrected chi connectivity index (χ2v) is 9.50. The maximum atomic E-state index is 13.3. The highest BCUT2D eigenvalue weighted by Crippen LogP contribution is 2.34. The molecule has 0 spiro atoms. The van der Waals surface area contributed by atoms with E-state index >= 15 is 0 Å². The molecule has 0 atom stereocenters. The molecule has 0 saturated carbocycles. The third-order valence-corrected chi connectivity index (χ3v) is 6.84. The number of non-ortho nitro benzene ring substituents is 1. The van der Waals surface area contributed by atoms with Crippen molar-refractivity contribution in [3.05, 3.63) is 91.9 Å². The van der Waals surface area contributed by atoms with Crippen LogP contribution in [0.25, 0.3) is 0 Å². The van der Waals surface area contributed by atoms with Gasteiger partial charge in [0.15, 0.2) is 0 Å². The Kier molecular flexibility index (Phi) is 7.25. The summed E-state index contributed by atoms with van der Waals surface area (Å²) >= 11 is 18.0. The van der Waals surface area contributed by atoms with Crippen molar-refractivity contribution in [1.29, 1.82) is 0 Å². The van der Waals surface area contributed by atoms with Crippen molar-refractivity contribution in [3.63, 3.8) is 0 Å². The molecule has 32 heavy (non-hydrogen) atoms. The Labute approximate surface area is 198 Å². The molecule has 3 rings (SSSR count). The molecule has 0 bridgehead atoms. The number of nitrogens with one attached hydrogen (secondary N) is 1. The number of halogens is 3. The van der Waals surface area contributed by atoms with E-state index in [-0.39, 0.29) is 37.0 Å². The largest absolute Gasteiger partial charge is 0.322 e. The summed E-state index contributed by atoms with van der Waals surface area (Å²) in [6.45, 7) is -0.648. The molecule has 0 aromatic heterocycles. The van der Waals surface area contributed by atoms with Crippen LogP contribution in [0, 0.1) is 10.1 Å². The SMILES string of the molecule is O=C(CN(c1ccc([N+](=O)[O-])cc1)S(=O)(=O)c1ccccc1)Nc1c(Cl)cc(Cl)cc1Cl. The molecule has 0 unspecified atom stereocenters. The van der Waals surface area contributed by atoms with E-state index < -0.39 is 27.4 Å². The number of hydrogen-bond donors (Lipinski definition) is 1. The Morgan fingerprint density at radius 3 is 2.06 bits per heavy atom. The smallest absolute Gasteiger partial charge is 0.269 e. The van der Waals surface area contributed by atoms with Gasteiger partial charge in [-0.05, 0) is 36.4 Å². The van der Waals surface area contributed by atoms with Crippen LogP contribution in [0.4, 0.5) is 17.1 Å². The zero-order chi connectivity index (χ0) is 23.5. The van der Waals surface area contributed by atoms with Crippen LogP contribution in [-0.4, -0.2) is 25.8 Å². The van der Waals surface area contributed by atoms with Crippen molar-refractivity contribution >= 4 is 67.8 Å². The van der Waals surface area contributed by atoms with E-state index in [1.807, 2.05) is 0 Å². The van der Waals surface area contributed by atoms with Gasteiger partial charge in [-0.15, -0.1) is 0 Å². The van der Waals surface area contributed by atoms with E-state index in [4.69, 9.17) is 34.8 Å². The average Bonchev–Trinajstić information content (AvgIpc) is 2.75. The highest BCUT2D eigenvalue weighted by molar-refractivity contribution is 7.92. The van der Waals surface area contributed by atoms with Gasteiger partial charge in [0, 0.05) is 17.2 Å². The predicted octanol–water partition coefficient (Wildman–Crippen LogP) is 5.39. The number of amides is 1. The van der Waals surface area contributed by atoms with Gasteiger partial charge in [0.05, 0.1) is 31.2 Å². The Balaban J connectivity index is 1.98. The average molecular weight is 515 g/mol. The molecule has 12 heteroatoms. The number of carbonyl (C=O) groups is 1. The van der Waals surface area contributed by atoms with Gasteiger partial charge in [0.2, 0.25) is 5.91 Å². The predicted molar refractivity (Wildman–Crippen MR) is 124 cm³/mol. The molecule has 0 fully saturated rings. The lowest BCUT2D eigenvalue weighted by Gasteiger charge is -2.24. The molecule has 0 radical (unpaired) electrons. The molecular formula is C20H14Cl3N3O5S. The fraction of sp³-hybridized carbons (Fsp3) is 0.0500. The topological polar surface area (TPSA) is 110 Å². The van der Waals surface area contributed by atoms with Crippen LogP contribution in [0.3, 0.4) is 0 Å². The van der Waals surface area contributed by atoms with E-state index in [0.29, 0.717) is 0 Å². The highest BCUT2D eigenvalue weighted by Gasteiger charge is 2.28. The fourth-order valence-electron chi connectivity index (χ4n) is 2.75. The molecule has 0 saturated heterocycles. The van der Waals surface area contributed by atoms with E-state index in [1.165, 1.54) is 48.5 Å². The van der Waals surface area contributed by atoms with Crippen LogP contribution in [-0.2, 0) is 14.8 Å². The number of rotatable bonds is 7. The maximum Gasteiger partial charge on any atom is 0.269 e. The third kappa shape index (κ3) is 5.31. The zero-order valence-corrected chi connectivity index (χ0v) is 19.1. The second-order valence-electron chi connectivity index (χ2n) is 6.39. The molecular weight excluding hydrogens is 501 g/mol. The Bertz CT molecular complexity index is 1250. The summed E-state index contributed by atoms with van der Waals surface area (Å²) in [7, 11) is -4.19. The van der Waals surface area contributed by atoms with Gasteiger partial charge < -0.3 is 5.32 Å². The summed E-state index contributed by atoms with van der Waals surface area (Å²) in [5, 5.41) is 13.8. The van der Waals surface area contributed by atoms with Crippen LogP contribution in [0.5, 0.6) is 0 Å². The van der Waals surface area contributed by atoms with Gasteiger partial charge in [-0.25, -0.2) is 8.42 Å². The summed E-state index contributed by atoms with van der Waals surface area (Å²) in [6.07, 6.45) is 0. The van der Waals surface area contributed by atoms with Crippen molar-refractivity contribution in [2.75, 3.05) is 16.2 Å². The lowest BCUT2D eigenvalue weighted by molar-refractivity contribution is -0.384. The Morgan fingerprint density at radius 1 is 0.969 bits per heavy atom. The minimum atomic E-state index is -4.19. The first-order chi connectivity index (χ1) is 15.1. The first-order valence-electron chi connectivity index (χ1n) is 8.86. The first-order valence-corrected chi connectivity index (χ1v) is 11.4. The van der Waals surface area contributed by atoms with Gasteiger partial charge in [-0.1, -0.05) is 53.0 Å². The standard InChI is InChI=1S/C20H14Cl3N3O5S/c21-13-10-17(22)20(18(23)11-13)24-19(27)12-25(14-6-8-15(9-7-14)26(28)29)32(30,31)16-4-2-1-3-5-16/h1-11H,12H2,(H,24,27). The number of hydrogen-bond acceptors (Lipinski definition) is 5. The molecule has 0 heterocycles. The monoisotopic (exact) mass is 513 g/mol. The normalized spacial score (nSPS) is 11.1. The van der Waals surface area contributed by atoms with Crippen LogP contribution >= 0.6 is 34.8 Å². The quantitative estimate of drug-likeness (QED) is 0.336.